The number of ether oxygens (including phenoxy) is 1. The average Bonchev–Trinajstić information content (AvgIpc) is 3.41. The minimum atomic E-state index is 0.0851. The Kier molecular flexibility index (Phi) is 5.27. The molecule has 29 heavy (non-hydrogen) atoms. The second-order valence-corrected chi connectivity index (χ2v) is 8.60. The molecule has 0 spiro atoms. The van der Waals surface area contributed by atoms with E-state index >= 15 is 0 Å². The fourth-order valence-corrected chi connectivity index (χ4v) is 4.66. The summed E-state index contributed by atoms with van der Waals surface area (Å²) in [6, 6.07) is 8.88. The Morgan fingerprint density at radius 1 is 0.931 bits per heavy atom. The van der Waals surface area contributed by atoms with Crippen LogP contribution in [0.4, 0.5) is 0 Å². The van der Waals surface area contributed by atoms with Gasteiger partial charge in [0.15, 0.2) is 0 Å². The van der Waals surface area contributed by atoms with Crippen molar-refractivity contribution in [3.63, 3.8) is 0 Å². The average molecular weight is 395 g/mol. The van der Waals surface area contributed by atoms with Crippen LogP contribution in [-0.4, -0.2) is 63.8 Å². The molecule has 3 aliphatic rings. The number of carbonyl (C=O) groups is 1. The lowest BCUT2D eigenvalue weighted by atomic mass is 9.90. The SMILES string of the molecule is O=C(c1cnn(-c2ccc(OC3CCN(C4CCC4)CC3)cc2)c1)N1CCCC1. The van der Waals surface area contributed by atoms with E-state index in [1.165, 1.54) is 19.3 Å². The van der Waals surface area contributed by atoms with Gasteiger partial charge in [-0.2, -0.15) is 5.10 Å². The van der Waals surface area contributed by atoms with E-state index in [-0.39, 0.29) is 5.91 Å². The second-order valence-electron chi connectivity index (χ2n) is 8.60. The van der Waals surface area contributed by atoms with Gasteiger partial charge in [0, 0.05) is 38.4 Å². The largest absolute Gasteiger partial charge is 0.490 e. The molecule has 0 N–H and O–H groups in total. The standard InChI is InChI=1S/C23H30N4O2/c28-23(26-12-1-2-13-26)18-16-24-27(17-18)20-6-8-21(9-7-20)29-22-10-14-25(15-11-22)19-4-3-5-19/h6-9,16-17,19,22H,1-5,10-15H2. The van der Waals surface area contributed by atoms with E-state index in [0.29, 0.717) is 11.7 Å². The molecule has 1 saturated carbocycles. The first-order chi connectivity index (χ1) is 14.3. The Morgan fingerprint density at radius 3 is 2.31 bits per heavy atom. The van der Waals surface area contributed by atoms with E-state index in [9.17, 15) is 4.79 Å². The zero-order valence-corrected chi connectivity index (χ0v) is 17.0. The second kappa shape index (κ2) is 8.19. The van der Waals surface area contributed by atoms with Crippen molar-refractivity contribution in [2.45, 2.75) is 57.1 Å². The minimum absolute atomic E-state index is 0.0851. The molecule has 1 amide bonds. The van der Waals surface area contributed by atoms with Crippen molar-refractivity contribution < 1.29 is 9.53 Å². The van der Waals surface area contributed by atoms with Crippen molar-refractivity contribution in [1.82, 2.24) is 19.6 Å². The van der Waals surface area contributed by atoms with Crippen LogP contribution in [0.25, 0.3) is 5.69 Å². The van der Waals surface area contributed by atoms with Crippen LogP contribution in [0.5, 0.6) is 5.75 Å². The molecular weight excluding hydrogens is 364 g/mol. The zero-order valence-electron chi connectivity index (χ0n) is 17.0. The number of benzene rings is 1. The van der Waals surface area contributed by atoms with Crippen LogP contribution in [0.15, 0.2) is 36.7 Å². The monoisotopic (exact) mass is 394 g/mol. The lowest BCUT2D eigenvalue weighted by molar-refractivity contribution is 0.0493. The quantitative estimate of drug-likeness (QED) is 0.779. The normalized spacial score (nSPS) is 21.3. The predicted molar refractivity (Wildman–Crippen MR) is 112 cm³/mol. The summed E-state index contributed by atoms with van der Waals surface area (Å²) in [6.45, 7) is 4.04. The Morgan fingerprint density at radius 2 is 1.66 bits per heavy atom. The summed E-state index contributed by atoms with van der Waals surface area (Å²) in [6.07, 6.45) is 12.4. The minimum Gasteiger partial charge on any atom is -0.490 e. The summed E-state index contributed by atoms with van der Waals surface area (Å²) < 4.78 is 7.99. The van der Waals surface area contributed by atoms with Gasteiger partial charge in [0.25, 0.3) is 5.91 Å². The molecule has 2 aromatic rings. The third kappa shape index (κ3) is 4.04. The predicted octanol–water partition coefficient (Wildman–Crippen LogP) is 3.50. The summed E-state index contributed by atoms with van der Waals surface area (Å²) in [5.41, 5.74) is 1.60. The number of rotatable bonds is 5. The summed E-state index contributed by atoms with van der Waals surface area (Å²) >= 11 is 0. The molecule has 3 heterocycles. The Bertz CT molecular complexity index is 829. The molecule has 5 rings (SSSR count). The maximum Gasteiger partial charge on any atom is 0.257 e. The van der Waals surface area contributed by atoms with Crippen LogP contribution >= 0.6 is 0 Å². The molecule has 0 bridgehead atoms. The highest BCUT2D eigenvalue weighted by atomic mass is 16.5. The van der Waals surface area contributed by atoms with E-state index in [0.717, 1.165) is 69.3 Å². The Labute approximate surface area is 172 Å². The van der Waals surface area contributed by atoms with Gasteiger partial charge in [-0.05, 0) is 62.8 Å². The Hall–Kier alpha value is -2.34. The molecule has 3 fully saturated rings. The first-order valence-electron chi connectivity index (χ1n) is 11.1. The topological polar surface area (TPSA) is 50.6 Å². The fourth-order valence-electron chi connectivity index (χ4n) is 4.66. The number of carbonyl (C=O) groups excluding carboxylic acids is 1. The van der Waals surface area contributed by atoms with Gasteiger partial charge >= 0.3 is 0 Å². The molecule has 154 valence electrons. The van der Waals surface area contributed by atoms with E-state index < -0.39 is 0 Å². The first kappa shape index (κ1) is 18.7. The number of piperidine rings is 1. The van der Waals surface area contributed by atoms with Crippen LogP contribution in [0.1, 0.15) is 55.3 Å². The molecule has 6 heteroatoms. The number of hydrogen-bond acceptors (Lipinski definition) is 4. The first-order valence-corrected chi connectivity index (χ1v) is 11.1. The van der Waals surface area contributed by atoms with E-state index in [1.54, 1.807) is 10.9 Å². The number of amides is 1. The van der Waals surface area contributed by atoms with Crippen LogP contribution < -0.4 is 4.74 Å². The maximum atomic E-state index is 12.5. The van der Waals surface area contributed by atoms with Gasteiger partial charge in [-0.3, -0.25) is 4.79 Å². The number of likely N-dealkylation sites (tertiary alicyclic amines) is 2. The molecular formula is C23H30N4O2. The van der Waals surface area contributed by atoms with Crippen molar-refractivity contribution in [3.8, 4) is 11.4 Å². The van der Waals surface area contributed by atoms with E-state index in [4.69, 9.17) is 4.74 Å². The van der Waals surface area contributed by atoms with Crippen LogP contribution in [-0.2, 0) is 0 Å². The molecule has 0 radical (unpaired) electrons. The molecule has 1 aliphatic carbocycles. The third-order valence-corrected chi connectivity index (χ3v) is 6.69. The Balaban J connectivity index is 1.17. The van der Waals surface area contributed by atoms with Crippen molar-refractivity contribution in [1.29, 1.82) is 0 Å². The van der Waals surface area contributed by atoms with E-state index in [2.05, 4.69) is 10.00 Å². The summed E-state index contributed by atoms with van der Waals surface area (Å²) in [5, 5.41) is 4.39. The van der Waals surface area contributed by atoms with Crippen LogP contribution in [0.2, 0.25) is 0 Å². The van der Waals surface area contributed by atoms with Gasteiger partial charge in [0.1, 0.15) is 11.9 Å². The number of nitrogens with zero attached hydrogens (tertiary/aromatic N) is 4. The van der Waals surface area contributed by atoms with E-state index in [1.807, 2.05) is 35.4 Å². The summed E-state index contributed by atoms with van der Waals surface area (Å²) in [5.74, 6) is 0.998. The molecule has 2 saturated heterocycles. The highest BCUT2D eigenvalue weighted by Crippen LogP contribution is 2.28. The van der Waals surface area contributed by atoms with Crippen molar-refractivity contribution in [2.24, 2.45) is 0 Å². The molecule has 2 aliphatic heterocycles. The lowest BCUT2D eigenvalue weighted by Gasteiger charge is -2.41. The molecule has 1 aromatic carbocycles. The van der Waals surface area contributed by atoms with Gasteiger partial charge in [-0.15, -0.1) is 0 Å². The summed E-state index contributed by atoms with van der Waals surface area (Å²) in [4.78, 5) is 17.1. The van der Waals surface area contributed by atoms with Crippen LogP contribution in [0, 0.1) is 0 Å². The zero-order chi connectivity index (χ0) is 19.6. The summed E-state index contributed by atoms with van der Waals surface area (Å²) in [7, 11) is 0. The number of hydrogen-bond donors (Lipinski definition) is 0. The van der Waals surface area contributed by atoms with Crippen molar-refractivity contribution in [3.05, 3.63) is 42.2 Å². The van der Waals surface area contributed by atoms with Gasteiger partial charge in [-0.1, -0.05) is 6.42 Å². The van der Waals surface area contributed by atoms with Gasteiger partial charge in [0.2, 0.25) is 0 Å². The molecule has 1 aromatic heterocycles. The number of aromatic nitrogens is 2. The molecule has 0 unspecified atom stereocenters. The molecule has 0 atom stereocenters. The van der Waals surface area contributed by atoms with Crippen molar-refractivity contribution >= 4 is 5.91 Å². The van der Waals surface area contributed by atoms with Gasteiger partial charge in [0.05, 0.1) is 17.4 Å². The lowest BCUT2D eigenvalue weighted by Crippen LogP contribution is -2.46. The van der Waals surface area contributed by atoms with Crippen molar-refractivity contribution in [2.75, 3.05) is 26.2 Å². The van der Waals surface area contributed by atoms with Gasteiger partial charge < -0.3 is 14.5 Å². The smallest absolute Gasteiger partial charge is 0.257 e. The fraction of sp³-hybridized carbons (Fsp3) is 0.565. The van der Waals surface area contributed by atoms with Gasteiger partial charge in [-0.25, -0.2) is 4.68 Å². The highest BCUT2D eigenvalue weighted by Gasteiger charge is 2.29. The third-order valence-electron chi connectivity index (χ3n) is 6.69. The highest BCUT2D eigenvalue weighted by molar-refractivity contribution is 5.94. The maximum absolute atomic E-state index is 12.5. The molecule has 6 nitrogen and oxygen atoms in total. The van der Waals surface area contributed by atoms with Crippen LogP contribution in [0.3, 0.4) is 0 Å².